The molecule has 1 unspecified atom stereocenters. The number of rotatable bonds is 7. The minimum absolute atomic E-state index is 0.0183. The Kier molecular flexibility index (Phi) is 6.21. The van der Waals surface area contributed by atoms with Gasteiger partial charge in [0, 0.05) is 13.0 Å². The first-order valence-electron chi connectivity index (χ1n) is 5.88. The highest BCUT2D eigenvalue weighted by molar-refractivity contribution is 7.07. The zero-order valence-corrected chi connectivity index (χ0v) is 11.1. The standard InChI is InChI=1S/C12H18N2O3S/c1-9(10-5-7-18-8-10)14-12(17)13-6-3-2-4-11(15)16/h5,7-9H,2-4,6H2,1H3,(H,15,16)(H2,13,14,17). The Morgan fingerprint density at radius 1 is 1.44 bits per heavy atom. The molecule has 6 heteroatoms. The molecule has 1 aromatic rings. The maximum Gasteiger partial charge on any atom is 0.315 e. The summed E-state index contributed by atoms with van der Waals surface area (Å²) in [5.41, 5.74) is 1.08. The van der Waals surface area contributed by atoms with E-state index < -0.39 is 5.97 Å². The van der Waals surface area contributed by atoms with Gasteiger partial charge in [0.25, 0.3) is 0 Å². The lowest BCUT2D eigenvalue weighted by Crippen LogP contribution is -2.37. The molecule has 0 saturated carbocycles. The van der Waals surface area contributed by atoms with Gasteiger partial charge in [0.2, 0.25) is 0 Å². The number of urea groups is 1. The predicted molar refractivity (Wildman–Crippen MR) is 70.8 cm³/mol. The summed E-state index contributed by atoms with van der Waals surface area (Å²) in [5, 5.41) is 17.9. The number of carbonyl (C=O) groups excluding carboxylic acids is 1. The van der Waals surface area contributed by atoms with Gasteiger partial charge in [-0.3, -0.25) is 4.79 Å². The van der Waals surface area contributed by atoms with Crippen LogP contribution >= 0.6 is 11.3 Å². The molecule has 1 heterocycles. The number of nitrogens with one attached hydrogen (secondary N) is 2. The predicted octanol–water partition coefficient (Wildman–Crippen LogP) is 2.36. The Morgan fingerprint density at radius 3 is 2.83 bits per heavy atom. The topological polar surface area (TPSA) is 78.4 Å². The average Bonchev–Trinajstić information content (AvgIpc) is 2.81. The lowest BCUT2D eigenvalue weighted by molar-refractivity contribution is -0.137. The second-order valence-electron chi connectivity index (χ2n) is 4.03. The van der Waals surface area contributed by atoms with Gasteiger partial charge in [-0.15, -0.1) is 0 Å². The third kappa shape index (κ3) is 5.67. The van der Waals surface area contributed by atoms with Gasteiger partial charge in [0.05, 0.1) is 6.04 Å². The summed E-state index contributed by atoms with van der Waals surface area (Å²) in [5.74, 6) is -0.800. The first-order chi connectivity index (χ1) is 8.59. The van der Waals surface area contributed by atoms with E-state index in [9.17, 15) is 9.59 Å². The van der Waals surface area contributed by atoms with Crippen LogP contribution in [-0.4, -0.2) is 23.7 Å². The molecule has 0 spiro atoms. The molecule has 0 radical (unpaired) electrons. The van der Waals surface area contributed by atoms with Gasteiger partial charge in [-0.2, -0.15) is 11.3 Å². The van der Waals surface area contributed by atoms with E-state index in [2.05, 4.69) is 10.6 Å². The van der Waals surface area contributed by atoms with Gasteiger partial charge in [0.1, 0.15) is 0 Å². The molecule has 18 heavy (non-hydrogen) atoms. The molecule has 100 valence electrons. The molecule has 2 amide bonds. The van der Waals surface area contributed by atoms with Crippen LogP contribution in [0.2, 0.25) is 0 Å². The van der Waals surface area contributed by atoms with Crippen molar-refractivity contribution in [3.05, 3.63) is 22.4 Å². The van der Waals surface area contributed by atoms with Crippen LogP contribution in [0, 0.1) is 0 Å². The Labute approximate surface area is 110 Å². The van der Waals surface area contributed by atoms with Gasteiger partial charge in [-0.1, -0.05) is 0 Å². The Hall–Kier alpha value is -1.56. The Bertz CT molecular complexity index is 379. The van der Waals surface area contributed by atoms with E-state index in [0.717, 1.165) is 5.56 Å². The number of carboxylic acids is 1. The molecule has 0 bridgehead atoms. The third-order valence-corrected chi connectivity index (χ3v) is 3.20. The molecule has 0 fully saturated rings. The van der Waals surface area contributed by atoms with Crippen molar-refractivity contribution in [2.75, 3.05) is 6.54 Å². The van der Waals surface area contributed by atoms with Crippen molar-refractivity contribution in [2.45, 2.75) is 32.2 Å². The van der Waals surface area contributed by atoms with Crippen LogP contribution in [-0.2, 0) is 4.79 Å². The fourth-order valence-corrected chi connectivity index (χ4v) is 2.21. The Morgan fingerprint density at radius 2 is 2.22 bits per heavy atom. The second kappa shape index (κ2) is 7.71. The number of amides is 2. The molecule has 0 aliphatic rings. The van der Waals surface area contributed by atoms with Crippen molar-refractivity contribution in [3.8, 4) is 0 Å². The minimum Gasteiger partial charge on any atom is -0.481 e. The number of carboxylic acid groups (broad SMARTS) is 1. The molecule has 0 saturated heterocycles. The second-order valence-corrected chi connectivity index (χ2v) is 4.81. The lowest BCUT2D eigenvalue weighted by Gasteiger charge is -2.13. The van der Waals surface area contributed by atoms with E-state index in [-0.39, 0.29) is 18.5 Å². The fourth-order valence-electron chi connectivity index (χ4n) is 1.46. The summed E-state index contributed by atoms with van der Waals surface area (Å²) in [6.45, 7) is 2.42. The van der Waals surface area contributed by atoms with Crippen LogP contribution in [0.4, 0.5) is 4.79 Å². The Balaban J connectivity index is 2.12. The summed E-state index contributed by atoms with van der Waals surface area (Å²) < 4.78 is 0. The van der Waals surface area contributed by atoms with Gasteiger partial charge < -0.3 is 15.7 Å². The van der Waals surface area contributed by atoms with Crippen molar-refractivity contribution < 1.29 is 14.7 Å². The van der Waals surface area contributed by atoms with Crippen LogP contribution in [0.15, 0.2) is 16.8 Å². The summed E-state index contributed by atoms with van der Waals surface area (Å²) in [7, 11) is 0. The summed E-state index contributed by atoms with van der Waals surface area (Å²) >= 11 is 1.59. The quantitative estimate of drug-likeness (QED) is 0.665. The molecule has 0 aromatic carbocycles. The molecule has 1 aromatic heterocycles. The van der Waals surface area contributed by atoms with Crippen LogP contribution in [0.1, 0.15) is 37.8 Å². The normalized spacial score (nSPS) is 11.8. The van der Waals surface area contributed by atoms with Crippen molar-refractivity contribution in [1.29, 1.82) is 0 Å². The van der Waals surface area contributed by atoms with Gasteiger partial charge >= 0.3 is 12.0 Å². The number of aliphatic carboxylic acids is 1. The van der Waals surface area contributed by atoms with E-state index in [1.165, 1.54) is 0 Å². The van der Waals surface area contributed by atoms with Gasteiger partial charge in [0.15, 0.2) is 0 Å². The number of thiophene rings is 1. The van der Waals surface area contributed by atoms with Crippen LogP contribution in [0.5, 0.6) is 0 Å². The highest BCUT2D eigenvalue weighted by Crippen LogP contribution is 2.14. The van der Waals surface area contributed by atoms with Crippen molar-refractivity contribution >= 4 is 23.3 Å². The van der Waals surface area contributed by atoms with E-state index in [1.54, 1.807) is 11.3 Å². The third-order valence-electron chi connectivity index (χ3n) is 2.49. The molecule has 0 aliphatic heterocycles. The fraction of sp³-hybridized carbons (Fsp3) is 0.500. The highest BCUT2D eigenvalue weighted by Gasteiger charge is 2.08. The van der Waals surface area contributed by atoms with Crippen molar-refractivity contribution in [1.82, 2.24) is 10.6 Å². The van der Waals surface area contributed by atoms with Crippen LogP contribution in [0.25, 0.3) is 0 Å². The first kappa shape index (κ1) is 14.5. The summed E-state index contributed by atoms with van der Waals surface area (Å²) in [4.78, 5) is 21.8. The van der Waals surface area contributed by atoms with Crippen molar-refractivity contribution in [2.24, 2.45) is 0 Å². The number of hydrogen-bond acceptors (Lipinski definition) is 3. The molecule has 3 N–H and O–H groups in total. The molecule has 0 aliphatic carbocycles. The van der Waals surface area contributed by atoms with Gasteiger partial charge in [-0.25, -0.2) is 4.79 Å². The molecule has 5 nitrogen and oxygen atoms in total. The van der Waals surface area contributed by atoms with E-state index in [1.807, 2.05) is 23.8 Å². The number of unbranched alkanes of at least 4 members (excludes halogenated alkanes) is 1. The summed E-state index contributed by atoms with van der Waals surface area (Å²) in [6, 6.07) is 1.74. The van der Waals surface area contributed by atoms with Gasteiger partial charge in [-0.05, 0) is 42.2 Å². The smallest absolute Gasteiger partial charge is 0.315 e. The van der Waals surface area contributed by atoms with Crippen molar-refractivity contribution in [3.63, 3.8) is 0 Å². The lowest BCUT2D eigenvalue weighted by atomic mass is 10.2. The van der Waals surface area contributed by atoms with E-state index in [4.69, 9.17) is 5.11 Å². The average molecular weight is 270 g/mol. The number of hydrogen-bond donors (Lipinski definition) is 3. The molecule has 1 atom stereocenters. The monoisotopic (exact) mass is 270 g/mol. The minimum atomic E-state index is -0.800. The SMILES string of the molecule is CC(NC(=O)NCCCCC(=O)O)c1ccsc1. The van der Waals surface area contributed by atoms with E-state index >= 15 is 0 Å². The number of carbonyl (C=O) groups is 2. The summed E-state index contributed by atoms with van der Waals surface area (Å²) in [6.07, 6.45) is 1.40. The zero-order chi connectivity index (χ0) is 13.4. The molecular formula is C12H18N2O3S. The molecular weight excluding hydrogens is 252 g/mol. The zero-order valence-electron chi connectivity index (χ0n) is 10.3. The highest BCUT2D eigenvalue weighted by atomic mass is 32.1. The largest absolute Gasteiger partial charge is 0.481 e. The van der Waals surface area contributed by atoms with Crippen LogP contribution in [0.3, 0.4) is 0 Å². The first-order valence-corrected chi connectivity index (χ1v) is 6.82. The van der Waals surface area contributed by atoms with Crippen LogP contribution < -0.4 is 10.6 Å². The molecule has 1 rings (SSSR count). The maximum absolute atomic E-state index is 11.5. The van der Waals surface area contributed by atoms with E-state index in [0.29, 0.717) is 19.4 Å². The maximum atomic E-state index is 11.5.